The first kappa shape index (κ1) is 17.2. The smallest absolute Gasteiger partial charge is 0.234 e. The zero-order valence-electron chi connectivity index (χ0n) is 12.9. The molecule has 0 saturated heterocycles. The number of nitrogens with zero attached hydrogens (tertiary/aromatic N) is 4. The van der Waals surface area contributed by atoms with E-state index in [9.17, 15) is 9.18 Å². The van der Waals surface area contributed by atoms with Crippen molar-refractivity contribution in [3.63, 3.8) is 0 Å². The number of anilines is 1. The number of carbonyl (C=O) groups is 1. The molecular formula is C15H17ClFN5OS. The van der Waals surface area contributed by atoms with Crippen molar-refractivity contribution in [2.24, 2.45) is 0 Å². The van der Waals surface area contributed by atoms with Gasteiger partial charge in [-0.15, -0.1) is 5.10 Å². The van der Waals surface area contributed by atoms with E-state index >= 15 is 0 Å². The lowest BCUT2D eigenvalue weighted by molar-refractivity contribution is -0.113. The SMILES string of the molecule is O=C(CSc1nnnn1C1CCCCC1)Nc1cc(Cl)ccc1F. The third kappa shape index (κ3) is 4.24. The number of aromatic nitrogens is 4. The standard InChI is InChI=1S/C15H17ClFN5OS/c16-10-6-7-12(17)13(8-10)18-14(23)9-24-15-19-20-21-22(15)11-4-2-1-3-5-11/h6-8,11H,1-5,9H2,(H,18,23). The van der Waals surface area contributed by atoms with E-state index in [1.54, 1.807) is 4.68 Å². The lowest BCUT2D eigenvalue weighted by atomic mass is 9.96. The largest absolute Gasteiger partial charge is 0.323 e. The minimum atomic E-state index is -0.523. The van der Waals surface area contributed by atoms with Crippen LogP contribution in [-0.4, -0.2) is 31.9 Å². The molecule has 1 heterocycles. The number of benzene rings is 1. The molecule has 0 bridgehead atoms. The number of halogens is 2. The molecule has 1 fully saturated rings. The normalized spacial score (nSPS) is 15.4. The van der Waals surface area contributed by atoms with Gasteiger partial charge in [0.1, 0.15) is 5.82 Å². The summed E-state index contributed by atoms with van der Waals surface area (Å²) in [6.07, 6.45) is 5.69. The highest BCUT2D eigenvalue weighted by Crippen LogP contribution is 2.30. The van der Waals surface area contributed by atoms with Crippen molar-refractivity contribution in [1.29, 1.82) is 0 Å². The van der Waals surface area contributed by atoms with Gasteiger partial charge in [-0.3, -0.25) is 4.79 Å². The molecule has 2 aromatic rings. The van der Waals surface area contributed by atoms with Crippen LogP contribution in [-0.2, 0) is 4.79 Å². The molecule has 1 N–H and O–H groups in total. The van der Waals surface area contributed by atoms with E-state index in [1.807, 2.05) is 0 Å². The van der Waals surface area contributed by atoms with Crippen LogP contribution in [0.4, 0.5) is 10.1 Å². The number of hydrogen-bond donors (Lipinski definition) is 1. The van der Waals surface area contributed by atoms with Crippen LogP contribution >= 0.6 is 23.4 Å². The predicted molar refractivity (Wildman–Crippen MR) is 90.7 cm³/mol. The van der Waals surface area contributed by atoms with E-state index in [4.69, 9.17) is 11.6 Å². The average molecular weight is 370 g/mol. The summed E-state index contributed by atoms with van der Waals surface area (Å²) in [7, 11) is 0. The Hall–Kier alpha value is -1.67. The van der Waals surface area contributed by atoms with Crippen LogP contribution in [0.5, 0.6) is 0 Å². The van der Waals surface area contributed by atoms with Gasteiger partial charge in [0.15, 0.2) is 0 Å². The molecule has 128 valence electrons. The lowest BCUT2D eigenvalue weighted by Crippen LogP contribution is -2.18. The van der Waals surface area contributed by atoms with E-state index in [2.05, 4.69) is 20.8 Å². The molecular weight excluding hydrogens is 353 g/mol. The zero-order valence-corrected chi connectivity index (χ0v) is 14.5. The summed E-state index contributed by atoms with van der Waals surface area (Å²) in [5, 5.41) is 15.3. The minimum Gasteiger partial charge on any atom is -0.323 e. The molecule has 0 unspecified atom stereocenters. The maximum Gasteiger partial charge on any atom is 0.234 e. The van der Waals surface area contributed by atoms with E-state index in [1.165, 1.54) is 49.2 Å². The second-order valence-electron chi connectivity index (χ2n) is 5.66. The lowest BCUT2D eigenvalue weighted by Gasteiger charge is -2.21. The minimum absolute atomic E-state index is 0.0694. The maximum absolute atomic E-state index is 13.6. The summed E-state index contributed by atoms with van der Waals surface area (Å²) in [5.74, 6) is -0.761. The van der Waals surface area contributed by atoms with Crippen LogP contribution < -0.4 is 5.32 Å². The first-order valence-corrected chi connectivity index (χ1v) is 9.15. The van der Waals surface area contributed by atoms with Gasteiger partial charge in [-0.2, -0.15) is 0 Å². The van der Waals surface area contributed by atoms with Crippen molar-refractivity contribution >= 4 is 35.0 Å². The highest BCUT2D eigenvalue weighted by atomic mass is 35.5. The molecule has 6 nitrogen and oxygen atoms in total. The Bertz CT molecular complexity index is 720. The molecule has 9 heteroatoms. The summed E-state index contributed by atoms with van der Waals surface area (Å²) >= 11 is 7.06. The molecule has 1 aromatic carbocycles. The fourth-order valence-electron chi connectivity index (χ4n) is 2.74. The van der Waals surface area contributed by atoms with Crippen LogP contribution in [0.1, 0.15) is 38.1 Å². The maximum atomic E-state index is 13.6. The molecule has 24 heavy (non-hydrogen) atoms. The molecule has 0 spiro atoms. The number of carbonyl (C=O) groups excluding carboxylic acids is 1. The van der Waals surface area contributed by atoms with Crippen molar-refractivity contribution in [3.8, 4) is 0 Å². The number of rotatable bonds is 5. The highest BCUT2D eigenvalue weighted by molar-refractivity contribution is 7.99. The molecule has 3 rings (SSSR count). The monoisotopic (exact) mass is 369 g/mol. The van der Waals surface area contributed by atoms with Crippen molar-refractivity contribution in [1.82, 2.24) is 20.2 Å². The molecule has 1 aliphatic rings. The average Bonchev–Trinajstić information content (AvgIpc) is 3.06. The van der Waals surface area contributed by atoms with Crippen LogP contribution in [0.3, 0.4) is 0 Å². The quantitative estimate of drug-likeness (QED) is 0.813. The Morgan fingerprint density at radius 3 is 2.96 bits per heavy atom. The third-order valence-electron chi connectivity index (χ3n) is 3.92. The topological polar surface area (TPSA) is 72.7 Å². The van der Waals surface area contributed by atoms with Gasteiger partial charge in [-0.1, -0.05) is 42.6 Å². The van der Waals surface area contributed by atoms with Gasteiger partial charge in [0, 0.05) is 5.02 Å². The Morgan fingerprint density at radius 1 is 1.38 bits per heavy atom. The number of amides is 1. The van der Waals surface area contributed by atoms with Gasteiger partial charge < -0.3 is 5.32 Å². The Labute approximate surface area is 148 Å². The molecule has 0 radical (unpaired) electrons. The molecule has 1 aliphatic carbocycles. The van der Waals surface area contributed by atoms with Gasteiger partial charge in [-0.25, -0.2) is 9.07 Å². The van der Waals surface area contributed by atoms with Crippen molar-refractivity contribution in [2.45, 2.75) is 43.3 Å². The summed E-state index contributed by atoms with van der Waals surface area (Å²) in [6.45, 7) is 0. The van der Waals surface area contributed by atoms with E-state index < -0.39 is 5.82 Å². The van der Waals surface area contributed by atoms with Crippen LogP contribution in [0.25, 0.3) is 0 Å². The van der Waals surface area contributed by atoms with E-state index in [0.717, 1.165) is 12.8 Å². The Balaban J connectivity index is 1.59. The Morgan fingerprint density at radius 2 is 2.17 bits per heavy atom. The fraction of sp³-hybridized carbons (Fsp3) is 0.467. The van der Waals surface area contributed by atoms with Crippen molar-refractivity contribution in [3.05, 3.63) is 29.0 Å². The molecule has 1 saturated carbocycles. The summed E-state index contributed by atoms with van der Waals surface area (Å²) in [4.78, 5) is 12.0. The number of nitrogens with one attached hydrogen (secondary N) is 1. The fourth-order valence-corrected chi connectivity index (χ4v) is 3.66. The van der Waals surface area contributed by atoms with Crippen LogP contribution in [0.2, 0.25) is 5.02 Å². The summed E-state index contributed by atoms with van der Waals surface area (Å²) < 4.78 is 15.4. The van der Waals surface area contributed by atoms with Crippen molar-refractivity contribution in [2.75, 3.05) is 11.1 Å². The molecule has 0 aliphatic heterocycles. The number of hydrogen-bond acceptors (Lipinski definition) is 5. The van der Waals surface area contributed by atoms with Gasteiger partial charge in [0.25, 0.3) is 0 Å². The number of thioether (sulfide) groups is 1. The third-order valence-corrected chi connectivity index (χ3v) is 5.09. The van der Waals surface area contributed by atoms with Crippen LogP contribution in [0, 0.1) is 5.82 Å². The van der Waals surface area contributed by atoms with Gasteiger partial charge in [0.05, 0.1) is 17.5 Å². The van der Waals surface area contributed by atoms with Gasteiger partial charge in [0.2, 0.25) is 11.1 Å². The number of tetrazole rings is 1. The van der Waals surface area contributed by atoms with E-state index in [0.29, 0.717) is 16.2 Å². The Kier molecular flexibility index (Phi) is 5.68. The summed E-state index contributed by atoms with van der Waals surface area (Å²) in [5.41, 5.74) is 0.0694. The zero-order chi connectivity index (χ0) is 16.9. The van der Waals surface area contributed by atoms with Gasteiger partial charge >= 0.3 is 0 Å². The molecule has 1 aromatic heterocycles. The second-order valence-corrected chi connectivity index (χ2v) is 7.04. The van der Waals surface area contributed by atoms with Crippen molar-refractivity contribution < 1.29 is 9.18 Å². The summed E-state index contributed by atoms with van der Waals surface area (Å²) in [6, 6.07) is 4.32. The van der Waals surface area contributed by atoms with E-state index in [-0.39, 0.29) is 17.3 Å². The second kappa shape index (κ2) is 7.94. The first-order valence-electron chi connectivity index (χ1n) is 7.79. The predicted octanol–water partition coefficient (Wildman–Crippen LogP) is 3.70. The first-order chi connectivity index (χ1) is 11.6. The molecule has 0 atom stereocenters. The molecule has 1 amide bonds. The highest BCUT2D eigenvalue weighted by Gasteiger charge is 2.21. The van der Waals surface area contributed by atoms with Gasteiger partial charge in [-0.05, 0) is 41.5 Å². The van der Waals surface area contributed by atoms with Crippen LogP contribution in [0.15, 0.2) is 23.4 Å².